The molecule has 0 spiro atoms. The largest absolute Gasteiger partial charge is 0.484 e. The molecule has 7 nitrogen and oxygen atoms in total. The van der Waals surface area contributed by atoms with E-state index in [0.29, 0.717) is 24.3 Å². The van der Waals surface area contributed by atoms with Gasteiger partial charge in [-0.3, -0.25) is 14.4 Å². The van der Waals surface area contributed by atoms with Gasteiger partial charge in [-0.1, -0.05) is 19.9 Å². The van der Waals surface area contributed by atoms with Crippen molar-refractivity contribution in [3.63, 3.8) is 0 Å². The molecule has 1 aromatic carbocycles. The lowest BCUT2D eigenvalue weighted by Gasteiger charge is -2.31. The predicted molar refractivity (Wildman–Crippen MR) is 97.0 cm³/mol. The Hall–Kier alpha value is -2.57. The highest BCUT2D eigenvalue weighted by Gasteiger charge is 2.31. The lowest BCUT2D eigenvalue weighted by Crippen LogP contribution is -2.50. The standard InChI is InChI=1S/C19H26N2O5/c1-3-19(4-2,11-17(23)24)21-16(22)12-26-15-7-5-6-14(10-15)20-18(25)13-8-9-13/h5-7,10,13H,3-4,8-9,11-12H2,1-2H3,(H,20,25)(H,21,22)(H,23,24). The number of anilines is 1. The lowest BCUT2D eigenvalue weighted by atomic mass is 9.89. The number of hydrogen-bond acceptors (Lipinski definition) is 4. The maximum absolute atomic E-state index is 12.2. The van der Waals surface area contributed by atoms with E-state index in [1.807, 2.05) is 13.8 Å². The van der Waals surface area contributed by atoms with Crippen LogP contribution in [0.2, 0.25) is 0 Å². The number of carboxylic acids is 1. The molecule has 1 aliphatic carbocycles. The number of ether oxygens (including phenoxy) is 1. The van der Waals surface area contributed by atoms with Crippen molar-refractivity contribution >= 4 is 23.5 Å². The van der Waals surface area contributed by atoms with Crippen molar-refractivity contribution in [2.24, 2.45) is 5.92 Å². The second-order valence-corrected chi connectivity index (χ2v) is 6.69. The molecule has 2 rings (SSSR count). The summed E-state index contributed by atoms with van der Waals surface area (Å²) < 4.78 is 5.50. The van der Waals surface area contributed by atoms with Crippen LogP contribution in [0.1, 0.15) is 46.0 Å². The number of hydrogen-bond donors (Lipinski definition) is 3. The third-order valence-corrected chi connectivity index (χ3v) is 4.67. The summed E-state index contributed by atoms with van der Waals surface area (Å²) in [4.78, 5) is 35.0. The van der Waals surface area contributed by atoms with E-state index in [9.17, 15) is 14.4 Å². The van der Waals surface area contributed by atoms with E-state index in [1.54, 1.807) is 24.3 Å². The number of carboxylic acid groups (broad SMARTS) is 1. The number of carbonyl (C=O) groups is 3. The molecule has 1 aromatic rings. The molecule has 2 amide bonds. The summed E-state index contributed by atoms with van der Waals surface area (Å²) in [6.45, 7) is 3.47. The van der Waals surface area contributed by atoms with E-state index in [0.717, 1.165) is 12.8 Å². The zero-order valence-electron chi connectivity index (χ0n) is 15.2. The average molecular weight is 362 g/mol. The van der Waals surface area contributed by atoms with Gasteiger partial charge in [-0.15, -0.1) is 0 Å². The monoisotopic (exact) mass is 362 g/mol. The fourth-order valence-electron chi connectivity index (χ4n) is 2.74. The van der Waals surface area contributed by atoms with Crippen LogP contribution in [0.5, 0.6) is 5.75 Å². The summed E-state index contributed by atoms with van der Waals surface area (Å²) in [6, 6.07) is 6.86. The van der Waals surface area contributed by atoms with Crippen molar-refractivity contribution in [2.45, 2.75) is 51.5 Å². The number of nitrogens with one attached hydrogen (secondary N) is 2. The minimum Gasteiger partial charge on any atom is -0.484 e. The van der Waals surface area contributed by atoms with Gasteiger partial charge in [0.1, 0.15) is 5.75 Å². The van der Waals surface area contributed by atoms with E-state index in [4.69, 9.17) is 9.84 Å². The molecule has 0 saturated heterocycles. The highest BCUT2D eigenvalue weighted by atomic mass is 16.5. The molecule has 0 unspecified atom stereocenters. The Labute approximate surface area is 153 Å². The third kappa shape index (κ3) is 5.75. The summed E-state index contributed by atoms with van der Waals surface area (Å²) >= 11 is 0. The van der Waals surface area contributed by atoms with E-state index in [-0.39, 0.29) is 30.8 Å². The Morgan fingerprint density at radius 3 is 2.50 bits per heavy atom. The molecule has 3 N–H and O–H groups in total. The van der Waals surface area contributed by atoms with Gasteiger partial charge in [-0.25, -0.2) is 0 Å². The Bertz CT molecular complexity index is 666. The van der Waals surface area contributed by atoms with Crippen LogP contribution in [0.15, 0.2) is 24.3 Å². The van der Waals surface area contributed by atoms with Crippen molar-refractivity contribution < 1.29 is 24.2 Å². The lowest BCUT2D eigenvalue weighted by molar-refractivity contribution is -0.139. The van der Waals surface area contributed by atoms with Crippen molar-refractivity contribution in [1.29, 1.82) is 0 Å². The van der Waals surface area contributed by atoms with E-state index in [1.165, 1.54) is 0 Å². The SMILES string of the molecule is CCC(CC)(CC(=O)O)NC(=O)COc1cccc(NC(=O)C2CC2)c1. The Balaban J connectivity index is 1.89. The minimum atomic E-state index is -0.950. The summed E-state index contributed by atoms with van der Waals surface area (Å²) in [5.74, 6) is -0.748. The van der Waals surface area contributed by atoms with Crippen molar-refractivity contribution in [1.82, 2.24) is 5.32 Å². The summed E-state index contributed by atoms with van der Waals surface area (Å²) in [5.41, 5.74) is -0.144. The third-order valence-electron chi connectivity index (χ3n) is 4.67. The van der Waals surface area contributed by atoms with Gasteiger partial charge in [0.2, 0.25) is 5.91 Å². The van der Waals surface area contributed by atoms with Gasteiger partial charge in [0.25, 0.3) is 5.91 Å². The second kappa shape index (κ2) is 8.69. The molecule has 0 radical (unpaired) electrons. The predicted octanol–water partition coefficient (Wildman–Crippen LogP) is 2.56. The first-order chi connectivity index (χ1) is 12.4. The van der Waals surface area contributed by atoms with Crippen LogP contribution in [-0.2, 0) is 14.4 Å². The Morgan fingerprint density at radius 2 is 1.92 bits per heavy atom. The van der Waals surface area contributed by atoms with Crippen LogP contribution in [0.25, 0.3) is 0 Å². The Kier molecular flexibility index (Phi) is 6.60. The molecule has 1 saturated carbocycles. The first-order valence-corrected chi connectivity index (χ1v) is 8.94. The molecule has 0 heterocycles. The van der Waals surface area contributed by atoms with Gasteiger partial charge in [-0.2, -0.15) is 0 Å². The van der Waals surface area contributed by atoms with Crippen LogP contribution in [0, 0.1) is 5.92 Å². The van der Waals surface area contributed by atoms with Crippen molar-refractivity contribution in [2.75, 3.05) is 11.9 Å². The van der Waals surface area contributed by atoms with Gasteiger partial charge < -0.3 is 20.5 Å². The van der Waals surface area contributed by atoms with Crippen LogP contribution < -0.4 is 15.4 Å². The van der Waals surface area contributed by atoms with Gasteiger partial charge in [-0.05, 0) is 37.8 Å². The van der Waals surface area contributed by atoms with Gasteiger partial charge in [0, 0.05) is 17.7 Å². The fraction of sp³-hybridized carbons (Fsp3) is 0.526. The Morgan fingerprint density at radius 1 is 1.23 bits per heavy atom. The summed E-state index contributed by atoms with van der Waals surface area (Å²) in [5, 5.41) is 14.7. The van der Waals surface area contributed by atoms with Gasteiger partial charge >= 0.3 is 5.97 Å². The first kappa shape index (κ1) is 19.8. The number of rotatable bonds is 10. The minimum absolute atomic E-state index is 0.00392. The van der Waals surface area contributed by atoms with Crippen molar-refractivity contribution in [3.8, 4) is 5.75 Å². The quantitative estimate of drug-likeness (QED) is 0.593. The van der Waals surface area contributed by atoms with Crippen LogP contribution in [0.3, 0.4) is 0 Å². The number of benzene rings is 1. The maximum Gasteiger partial charge on any atom is 0.305 e. The van der Waals surface area contributed by atoms with Crippen LogP contribution in [0.4, 0.5) is 5.69 Å². The highest BCUT2D eigenvalue weighted by molar-refractivity contribution is 5.94. The summed E-state index contributed by atoms with van der Waals surface area (Å²) in [7, 11) is 0. The smallest absolute Gasteiger partial charge is 0.305 e. The number of aliphatic carboxylic acids is 1. The zero-order valence-corrected chi connectivity index (χ0v) is 15.2. The number of carbonyl (C=O) groups excluding carboxylic acids is 2. The van der Waals surface area contributed by atoms with E-state index < -0.39 is 11.5 Å². The summed E-state index contributed by atoms with van der Waals surface area (Å²) in [6.07, 6.45) is 2.76. The molecule has 1 aliphatic rings. The zero-order chi connectivity index (χ0) is 19.2. The van der Waals surface area contributed by atoms with Gasteiger partial charge in [0.05, 0.1) is 12.0 Å². The molecular weight excluding hydrogens is 336 g/mol. The molecule has 142 valence electrons. The molecular formula is C19H26N2O5. The molecule has 7 heteroatoms. The van der Waals surface area contributed by atoms with Gasteiger partial charge in [0.15, 0.2) is 6.61 Å². The first-order valence-electron chi connectivity index (χ1n) is 8.94. The van der Waals surface area contributed by atoms with Crippen LogP contribution in [-0.4, -0.2) is 35.0 Å². The maximum atomic E-state index is 12.2. The molecule has 0 aliphatic heterocycles. The van der Waals surface area contributed by atoms with Crippen molar-refractivity contribution in [3.05, 3.63) is 24.3 Å². The highest BCUT2D eigenvalue weighted by Crippen LogP contribution is 2.30. The molecule has 0 aromatic heterocycles. The molecule has 26 heavy (non-hydrogen) atoms. The van der Waals surface area contributed by atoms with E-state index in [2.05, 4.69) is 10.6 Å². The normalized spacial score (nSPS) is 13.8. The second-order valence-electron chi connectivity index (χ2n) is 6.69. The molecule has 0 atom stereocenters. The fourth-order valence-corrected chi connectivity index (χ4v) is 2.74. The molecule has 0 bridgehead atoms. The van der Waals surface area contributed by atoms with E-state index >= 15 is 0 Å². The molecule has 1 fully saturated rings. The average Bonchev–Trinajstić information content (AvgIpc) is 3.44. The van der Waals surface area contributed by atoms with Crippen LogP contribution >= 0.6 is 0 Å². The number of amides is 2. The topological polar surface area (TPSA) is 105 Å².